The Bertz CT molecular complexity index is 859. The molecule has 0 amide bonds. The van der Waals surface area contributed by atoms with Crippen LogP contribution in [0.25, 0.3) is 5.69 Å². The molecular weight excluding hydrogens is 296 g/mol. The average Bonchev–Trinajstić information content (AvgIpc) is 2.98. The lowest BCUT2D eigenvalue weighted by Gasteiger charge is -2.07. The van der Waals surface area contributed by atoms with Crippen molar-refractivity contribution in [3.8, 4) is 5.69 Å². The van der Waals surface area contributed by atoms with Gasteiger partial charge in [0.2, 0.25) is 0 Å². The summed E-state index contributed by atoms with van der Waals surface area (Å²) in [5.41, 5.74) is 2.25. The fourth-order valence-electron chi connectivity index (χ4n) is 2.31. The van der Waals surface area contributed by atoms with Crippen molar-refractivity contribution in [2.24, 2.45) is 0 Å². The molecule has 0 aliphatic rings. The smallest absolute Gasteiger partial charge is 0.271 e. The minimum atomic E-state index is -0.474. The van der Waals surface area contributed by atoms with Gasteiger partial charge in [0.25, 0.3) is 5.69 Å². The zero-order valence-corrected chi connectivity index (χ0v) is 12.0. The molecular formula is C16H12N4O3. The quantitative estimate of drug-likeness (QED) is 0.410. The number of rotatable bonds is 5. The Morgan fingerprint density at radius 1 is 1.13 bits per heavy atom. The second-order valence-corrected chi connectivity index (χ2v) is 4.89. The monoisotopic (exact) mass is 308 g/mol. The topological polar surface area (TPSA) is 90.9 Å². The Kier molecular flexibility index (Phi) is 3.92. The van der Waals surface area contributed by atoms with Crippen LogP contribution >= 0.6 is 0 Å². The van der Waals surface area contributed by atoms with E-state index in [0.717, 1.165) is 5.56 Å². The van der Waals surface area contributed by atoms with E-state index in [1.54, 1.807) is 12.1 Å². The molecule has 3 aromatic rings. The van der Waals surface area contributed by atoms with Crippen LogP contribution in [0.1, 0.15) is 21.7 Å². The van der Waals surface area contributed by atoms with E-state index in [9.17, 15) is 14.9 Å². The number of benzene rings is 2. The molecule has 1 heterocycles. The van der Waals surface area contributed by atoms with Crippen molar-refractivity contribution in [1.82, 2.24) is 15.0 Å². The number of hydrogen-bond donors (Lipinski definition) is 0. The maximum atomic E-state index is 11.2. The number of nitro groups is 1. The molecule has 0 aliphatic carbocycles. The summed E-state index contributed by atoms with van der Waals surface area (Å²) in [6.07, 6.45) is 1.09. The molecule has 7 heteroatoms. The van der Waals surface area contributed by atoms with Crippen molar-refractivity contribution < 1.29 is 9.72 Å². The van der Waals surface area contributed by atoms with Crippen molar-refractivity contribution >= 4 is 12.0 Å². The summed E-state index contributed by atoms with van der Waals surface area (Å²) in [7, 11) is 0. The van der Waals surface area contributed by atoms with E-state index in [0.29, 0.717) is 24.1 Å². The van der Waals surface area contributed by atoms with Gasteiger partial charge in [-0.05, 0) is 11.6 Å². The number of non-ortho nitro benzene ring substituents is 1. The third kappa shape index (κ3) is 2.98. The predicted octanol–water partition coefficient (Wildman–Crippen LogP) is 2.58. The molecule has 0 spiro atoms. The van der Waals surface area contributed by atoms with Crippen LogP contribution in [-0.4, -0.2) is 26.2 Å². The van der Waals surface area contributed by atoms with Gasteiger partial charge >= 0.3 is 0 Å². The van der Waals surface area contributed by atoms with Crippen molar-refractivity contribution in [3.63, 3.8) is 0 Å². The van der Waals surface area contributed by atoms with Crippen LogP contribution < -0.4 is 0 Å². The lowest BCUT2D eigenvalue weighted by atomic mass is 10.1. The zero-order valence-electron chi connectivity index (χ0n) is 12.0. The minimum absolute atomic E-state index is 0.0451. The normalized spacial score (nSPS) is 10.4. The summed E-state index contributed by atoms with van der Waals surface area (Å²) in [4.78, 5) is 21.7. The molecule has 23 heavy (non-hydrogen) atoms. The first kappa shape index (κ1) is 14.6. The van der Waals surface area contributed by atoms with E-state index in [2.05, 4.69) is 10.3 Å². The standard InChI is InChI=1S/C16H12N4O3/c21-11-15-16(9-12-5-2-1-3-6-12)19(18-17-15)13-7-4-8-14(10-13)20(22)23/h1-8,10-11H,9H2. The fraction of sp³-hybridized carbons (Fsp3) is 0.0625. The number of nitro benzene ring substituents is 1. The van der Waals surface area contributed by atoms with Gasteiger partial charge in [0.05, 0.1) is 16.3 Å². The SMILES string of the molecule is O=Cc1nnn(-c2cccc([N+](=O)[O-])c2)c1Cc1ccccc1. The molecule has 0 bridgehead atoms. The number of hydrogen-bond acceptors (Lipinski definition) is 5. The second-order valence-electron chi connectivity index (χ2n) is 4.89. The largest absolute Gasteiger partial charge is 0.296 e. The molecule has 114 valence electrons. The van der Waals surface area contributed by atoms with Gasteiger partial charge in [-0.3, -0.25) is 14.9 Å². The number of aldehydes is 1. The maximum Gasteiger partial charge on any atom is 0.271 e. The molecule has 0 saturated heterocycles. The van der Waals surface area contributed by atoms with Crippen molar-refractivity contribution in [2.45, 2.75) is 6.42 Å². The van der Waals surface area contributed by atoms with E-state index in [1.165, 1.54) is 16.8 Å². The predicted molar refractivity (Wildman–Crippen MR) is 82.6 cm³/mol. The minimum Gasteiger partial charge on any atom is -0.296 e. The van der Waals surface area contributed by atoms with Gasteiger partial charge in [-0.1, -0.05) is 41.6 Å². The van der Waals surface area contributed by atoms with E-state index >= 15 is 0 Å². The van der Waals surface area contributed by atoms with Gasteiger partial charge < -0.3 is 0 Å². The van der Waals surface area contributed by atoms with Crippen LogP contribution in [0.5, 0.6) is 0 Å². The third-order valence-electron chi connectivity index (χ3n) is 3.40. The Morgan fingerprint density at radius 3 is 2.61 bits per heavy atom. The molecule has 0 radical (unpaired) electrons. The van der Waals surface area contributed by atoms with Gasteiger partial charge in [0.1, 0.15) is 5.69 Å². The van der Waals surface area contributed by atoms with Crippen LogP contribution in [0.15, 0.2) is 54.6 Å². The number of carbonyl (C=O) groups excluding carboxylic acids is 1. The summed E-state index contributed by atoms with van der Waals surface area (Å²) in [6, 6.07) is 15.6. The fourth-order valence-corrected chi connectivity index (χ4v) is 2.31. The number of nitrogens with zero attached hydrogens (tertiary/aromatic N) is 4. The molecule has 0 atom stereocenters. The number of carbonyl (C=O) groups is 1. The maximum absolute atomic E-state index is 11.2. The average molecular weight is 308 g/mol. The Morgan fingerprint density at radius 2 is 1.91 bits per heavy atom. The van der Waals surface area contributed by atoms with Gasteiger partial charge in [-0.25, -0.2) is 4.68 Å². The molecule has 3 rings (SSSR count). The molecule has 0 aliphatic heterocycles. The molecule has 0 unspecified atom stereocenters. The van der Waals surface area contributed by atoms with Crippen LogP contribution in [0.4, 0.5) is 5.69 Å². The molecule has 0 N–H and O–H groups in total. The molecule has 1 aromatic heterocycles. The summed E-state index contributed by atoms with van der Waals surface area (Å²) in [5.74, 6) is 0. The van der Waals surface area contributed by atoms with E-state index < -0.39 is 4.92 Å². The van der Waals surface area contributed by atoms with Crippen LogP contribution in [0.3, 0.4) is 0 Å². The van der Waals surface area contributed by atoms with Crippen molar-refractivity contribution in [2.75, 3.05) is 0 Å². The van der Waals surface area contributed by atoms with Crippen molar-refractivity contribution in [1.29, 1.82) is 0 Å². The van der Waals surface area contributed by atoms with Crippen molar-refractivity contribution in [3.05, 3.63) is 81.7 Å². The number of aromatic nitrogens is 3. The second kappa shape index (κ2) is 6.18. The summed E-state index contributed by atoms with van der Waals surface area (Å²) in [5, 5.41) is 18.7. The highest BCUT2D eigenvalue weighted by atomic mass is 16.6. The molecule has 7 nitrogen and oxygen atoms in total. The van der Waals surface area contributed by atoms with Crippen LogP contribution in [0.2, 0.25) is 0 Å². The zero-order chi connectivity index (χ0) is 16.2. The van der Waals surface area contributed by atoms with E-state index in [-0.39, 0.29) is 11.4 Å². The third-order valence-corrected chi connectivity index (χ3v) is 3.40. The van der Waals surface area contributed by atoms with Gasteiger partial charge in [0, 0.05) is 18.6 Å². The van der Waals surface area contributed by atoms with Gasteiger partial charge in [0.15, 0.2) is 6.29 Å². The summed E-state index contributed by atoms with van der Waals surface area (Å²) >= 11 is 0. The van der Waals surface area contributed by atoms with E-state index in [4.69, 9.17) is 0 Å². The Hall–Kier alpha value is -3.35. The Balaban J connectivity index is 2.06. The van der Waals surface area contributed by atoms with Crippen LogP contribution in [0, 0.1) is 10.1 Å². The summed E-state index contributed by atoms with van der Waals surface area (Å²) < 4.78 is 1.46. The van der Waals surface area contributed by atoms with Gasteiger partial charge in [-0.2, -0.15) is 0 Å². The lowest BCUT2D eigenvalue weighted by molar-refractivity contribution is -0.384. The highest BCUT2D eigenvalue weighted by molar-refractivity contribution is 5.73. The van der Waals surface area contributed by atoms with E-state index in [1.807, 2.05) is 30.3 Å². The first-order valence-electron chi connectivity index (χ1n) is 6.87. The lowest BCUT2D eigenvalue weighted by Crippen LogP contribution is -2.05. The molecule has 2 aromatic carbocycles. The highest BCUT2D eigenvalue weighted by Crippen LogP contribution is 2.20. The van der Waals surface area contributed by atoms with Crippen LogP contribution in [-0.2, 0) is 6.42 Å². The Labute approximate surface area is 131 Å². The molecule has 0 fully saturated rings. The molecule has 0 saturated carbocycles. The highest BCUT2D eigenvalue weighted by Gasteiger charge is 2.16. The first-order chi connectivity index (χ1) is 11.2. The summed E-state index contributed by atoms with van der Waals surface area (Å²) in [6.45, 7) is 0. The van der Waals surface area contributed by atoms with Gasteiger partial charge in [-0.15, -0.1) is 5.10 Å². The first-order valence-corrected chi connectivity index (χ1v) is 6.87.